The third-order valence-corrected chi connectivity index (χ3v) is 6.39. The minimum Gasteiger partial charge on any atom is -0.497 e. The maximum atomic E-state index is 12.1. The van der Waals surface area contributed by atoms with Gasteiger partial charge in [-0.1, -0.05) is 66.7 Å². The molecule has 0 radical (unpaired) electrons. The van der Waals surface area contributed by atoms with E-state index in [-0.39, 0.29) is 12.0 Å². The van der Waals surface area contributed by atoms with E-state index in [0.29, 0.717) is 12.5 Å². The first-order chi connectivity index (χ1) is 15.7. The summed E-state index contributed by atoms with van der Waals surface area (Å²) in [5.41, 5.74) is 5.04. The largest absolute Gasteiger partial charge is 0.497 e. The Morgan fingerprint density at radius 1 is 0.875 bits per heavy atom. The molecule has 0 saturated carbocycles. The third kappa shape index (κ3) is 4.96. The van der Waals surface area contributed by atoms with Crippen LogP contribution in [0.25, 0.3) is 11.1 Å². The number of methoxy groups -OCH3 is 1. The first kappa shape index (κ1) is 21.9. The maximum absolute atomic E-state index is 12.1. The van der Waals surface area contributed by atoms with Gasteiger partial charge in [0.2, 0.25) is 0 Å². The van der Waals surface area contributed by atoms with E-state index in [9.17, 15) is 4.79 Å². The topological polar surface area (TPSA) is 38.8 Å². The first-order valence-electron chi connectivity index (χ1n) is 11.4. The highest BCUT2D eigenvalue weighted by atomic mass is 16.6. The van der Waals surface area contributed by atoms with E-state index in [1.165, 1.54) is 22.3 Å². The lowest BCUT2D eigenvalue weighted by atomic mass is 9.76. The smallest absolute Gasteiger partial charge is 0.409 e. The van der Waals surface area contributed by atoms with Gasteiger partial charge in [0.05, 0.1) is 13.7 Å². The summed E-state index contributed by atoms with van der Waals surface area (Å²) in [6.07, 6.45) is 1.71. The second kappa shape index (κ2) is 10.4. The van der Waals surface area contributed by atoms with Crippen molar-refractivity contribution >= 4 is 6.09 Å². The van der Waals surface area contributed by atoms with E-state index in [0.717, 1.165) is 31.7 Å². The first-order valence-corrected chi connectivity index (χ1v) is 11.4. The Kier molecular flexibility index (Phi) is 7.10. The Morgan fingerprint density at radius 2 is 1.44 bits per heavy atom. The predicted octanol–water partition coefficient (Wildman–Crippen LogP) is 6.36. The minimum atomic E-state index is -0.195. The summed E-state index contributed by atoms with van der Waals surface area (Å²) in [5, 5.41) is 0. The average Bonchev–Trinajstić information content (AvgIpc) is 2.86. The minimum absolute atomic E-state index is 0.195. The van der Waals surface area contributed by atoms with E-state index in [4.69, 9.17) is 9.47 Å². The highest BCUT2D eigenvalue weighted by Crippen LogP contribution is 2.39. The van der Waals surface area contributed by atoms with Crippen molar-refractivity contribution in [1.82, 2.24) is 4.90 Å². The molecule has 4 heteroatoms. The van der Waals surface area contributed by atoms with E-state index in [2.05, 4.69) is 60.7 Å². The van der Waals surface area contributed by atoms with Crippen LogP contribution in [0, 0.1) is 5.92 Å². The SMILES string of the molecule is CCOC(=O)N1CCC(C(c2ccc(OC)cc2)c2ccc(-c3ccccc3)cc2)CC1. The van der Waals surface area contributed by atoms with Gasteiger partial charge < -0.3 is 14.4 Å². The van der Waals surface area contributed by atoms with Gasteiger partial charge in [0.1, 0.15) is 5.75 Å². The van der Waals surface area contributed by atoms with E-state index in [1.807, 2.05) is 30.0 Å². The Bertz CT molecular complexity index is 991. The second-order valence-electron chi connectivity index (χ2n) is 8.26. The molecule has 1 aliphatic rings. The number of nitrogens with zero attached hydrogens (tertiary/aromatic N) is 1. The van der Waals surface area contributed by atoms with Gasteiger partial charge >= 0.3 is 6.09 Å². The van der Waals surface area contributed by atoms with Gasteiger partial charge in [-0.25, -0.2) is 4.79 Å². The van der Waals surface area contributed by atoms with Crippen LogP contribution in [-0.4, -0.2) is 37.8 Å². The van der Waals surface area contributed by atoms with Gasteiger partial charge in [0, 0.05) is 19.0 Å². The third-order valence-electron chi connectivity index (χ3n) is 6.39. The molecule has 32 heavy (non-hydrogen) atoms. The lowest BCUT2D eigenvalue weighted by Gasteiger charge is -2.36. The molecule has 1 fully saturated rings. The van der Waals surface area contributed by atoms with Crippen molar-refractivity contribution in [3.8, 4) is 16.9 Å². The molecular formula is C28H31NO3. The van der Waals surface area contributed by atoms with Crippen LogP contribution in [0.15, 0.2) is 78.9 Å². The Morgan fingerprint density at radius 3 is 2.00 bits per heavy atom. The highest BCUT2D eigenvalue weighted by molar-refractivity contribution is 5.67. The summed E-state index contributed by atoms with van der Waals surface area (Å²) in [6.45, 7) is 3.74. The number of carbonyl (C=O) groups is 1. The van der Waals surface area contributed by atoms with Crippen LogP contribution in [0.4, 0.5) is 4.79 Å². The van der Waals surface area contributed by atoms with Crippen molar-refractivity contribution in [3.63, 3.8) is 0 Å². The zero-order valence-corrected chi connectivity index (χ0v) is 18.9. The number of amides is 1. The molecule has 1 aliphatic heterocycles. The summed E-state index contributed by atoms with van der Waals surface area (Å²) in [7, 11) is 1.69. The second-order valence-corrected chi connectivity index (χ2v) is 8.26. The Hall–Kier alpha value is -3.27. The average molecular weight is 430 g/mol. The van der Waals surface area contributed by atoms with Gasteiger partial charge in [0.25, 0.3) is 0 Å². The summed E-state index contributed by atoms with van der Waals surface area (Å²) in [6, 6.07) is 27.8. The van der Waals surface area contributed by atoms with E-state index < -0.39 is 0 Å². The number of hydrogen-bond acceptors (Lipinski definition) is 3. The molecule has 1 heterocycles. The molecule has 1 amide bonds. The van der Waals surface area contributed by atoms with Crippen LogP contribution in [-0.2, 0) is 4.74 Å². The summed E-state index contributed by atoms with van der Waals surface area (Å²) in [5.74, 6) is 1.59. The molecule has 3 aromatic rings. The van der Waals surface area contributed by atoms with Crippen LogP contribution < -0.4 is 4.74 Å². The molecule has 3 aromatic carbocycles. The summed E-state index contributed by atoms with van der Waals surface area (Å²) >= 11 is 0. The van der Waals surface area contributed by atoms with E-state index in [1.54, 1.807) is 7.11 Å². The lowest BCUT2D eigenvalue weighted by Crippen LogP contribution is -2.40. The molecular weight excluding hydrogens is 398 g/mol. The summed E-state index contributed by atoms with van der Waals surface area (Å²) < 4.78 is 10.6. The fourth-order valence-electron chi connectivity index (χ4n) is 4.69. The lowest BCUT2D eigenvalue weighted by molar-refractivity contribution is 0.0901. The van der Waals surface area contributed by atoms with Gasteiger partial charge in [-0.3, -0.25) is 0 Å². The molecule has 0 aliphatic carbocycles. The monoisotopic (exact) mass is 429 g/mol. The zero-order valence-electron chi connectivity index (χ0n) is 18.9. The fraction of sp³-hybridized carbons (Fsp3) is 0.321. The van der Waals surface area contributed by atoms with Crippen LogP contribution in [0.3, 0.4) is 0 Å². The number of ether oxygens (including phenoxy) is 2. The molecule has 4 nitrogen and oxygen atoms in total. The fourth-order valence-corrected chi connectivity index (χ4v) is 4.69. The zero-order chi connectivity index (χ0) is 22.3. The van der Waals surface area contributed by atoms with Crippen LogP contribution >= 0.6 is 0 Å². The molecule has 1 saturated heterocycles. The predicted molar refractivity (Wildman–Crippen MR) is 128 cm³/mol. The maximum Gasteiger partial charge on any atom is 0.409 e. The van der Waals surface area contributed by atoms with Gasteiger partial charge in [-0.2, -0.15) is 0 Å². The highest BCUT2D eigenvalue weighted by Gasteiger charge is 2.31. The normalized spacial score (nSPS) is 15.2. The van der Waals surface area contributed by atoms with E-state index >= 15 is 0 Å². The number of piperidine rings is 1. The van der Waals surface area contributed by atoms with Crippen molar-refractivity contribution in [1.29, 1.82) is 0 Å². The number of hydrogen-bond donors (Lipinski definition) is 0. The van der Waals surface area contributed by atoms with Gasteiger partial charge in [0.15, 0.2) is 0 Å². The molecule has 166 valence electrons. The Labute approximate surface area is 190 Å². The van der Waals surface area contributed by atoms with Crippen molar-refractivity contribution < 1.29 is 14.3 Å². The van der Waals surface area contributed by atoms with Crippen LogP contribution in [0.5, 0.6) is 5.75 Å². The van der Waals surface area contributed by atoms with Crippen molar-refractivity contribution in [2.75, 3.05) is 26.8 Å². The standard InChI is InChI=1S/C28H31NO3/c1-3-32-28(30)29-19-17-25(18-20-29)27(24-13-15-26(31-2)16-14-24)23-11-9-22(10-12-23)21-7-5-4-6-8-21/h4-16,25,27H,3,17-20H2,1-2H3. The quantitative estimate of drug-likeness (QED) is 0.457. The Balaban J connectivity index is 1.59. The van der Waals surface area contributed by atoms with Gasteiger partial charge in [-0.05, 0) is 60.1 Å². The number of carbonyl (C=O) groups excluding carboxylic acids is 1. The van der Waals surface area contributed by atoms with Crippen LogP contribution in [0.2, 0.25) is 0 Å². The van der Waals surface area contributed by atoms with Crippen LogP contribution in [0.1, 0.15) is 36.8 Å². The molecule has 1 atom stereocenters. The van der Waals surface area contributed by atoms with Crippen molar-refractivity contribution in [2.24, 2.45) is 5.92 Å². The molecule has 0 bridgehead atoms. The number of benzene rings is 3. The van der Waals surface area contributed by atoms with Crippen molar-refractivity contribution in [2.45, 2.75) is 25.7 Å². The molecule has 0 spiro atoms. The molecule has 4 rings (SSSR count). The molecule has 0 aromatic heterocycles. The van der Waals surface area contributed by atoms with Crippen molar-refractivity contribution in [3.05, 3.63) is 90.0 Å². The number of rotatable bonds is 6. The summed E-state index contributed by atoms with van der Waals surface area (Å²) in [4.78, 5) is 14.0. The molecule has 1 unspecified atom stereocenters. The van der Waals surface area contributed by atoms with Gasteiger partial charge in [-0.15, -0.1) is 0 Å². The molecule has 0 N–H and O–H groups in total. The number of likely N-dealkylation sites (tertiary alicyclic amines) is 1.